The fraction of sp³-hybridized carbons (Fsp3) is 0.403. The summed E-state index contributed by atoms with van der Waals surface area (Å²) in [5, 5.41) is 1.72. The van der Waals surface area contributed by atoms with E-state index in [1.807, 2.05) is 0 Å². The van der Waals surface area contributed by atoms with Gasteiger partial charge in [0, 0.05) is 0 Å². The summed E-state index contributed by atoms with van der Waals surface area (Å²) >= 11 is -3.30. The van der Waals surface area contributed by atoms with Crippen molar-refractivity contribution < 1.29 is 83.4 Å². The summed E-state index contributed by atoms with van der Waals surface area (Å²) in [7, 11) is 32.3. The van der Waals surface area contributed by atoms with Crippen LogP contribution < -0.4 is 5.19 Å². The van der Waals surface area contributed by atoms with E-state index in [1.165, 1.54) is 49.0 Å². The number of hydrogen-bond donors (Lipinski definition) is 0. The van der Waals surface area contributed by atoms with E-state index in [0.717, 1.165) is 79.8 Å². The van der Waals surface area contributed by atoms with Gasteiger partial charge in [-0.2, -0.15) is 0 Å². The monoisotopic (exact) mass is 2530 g/mol. The van der Waals surface area contributed by atoms with E-state index in [-0.39, 0.29) is 59.4 Å². The molecule has 1 aromatic carbocycles. The Morgan fingerprint density at radius 2 is 0.373 bits per heavy atom. The molecule has 0 radical (unpaired) electrons. The molecule has 0 heterocycles. The van der Waals surface area contributed by atoms with Crippen LogP contribution in [-0.2, 0) is 83.4 Å². The molecule has 794 valence electrons. The molecule has 24 aliphatic carbocycles. The van der Waals surface area contributed by atoms with Crippen LogP contribution in [-0.4, -0.2) is 32.3 Å². The molecule has 25 rings (SSSR count). The van der Waals surface area contributed by atoms with Gasteiger partial charge in [-0.15, -0.1) is 6.58 Å². The van der Waals surface area contributed by atoms with Crippen LogP contribution in [0.15, 0.2) is 431 Å². The summed E-state index contributed by atoms with van der Waals surface area (Å²) in [4.78, 5) is 0. The zero-order valence-corrected chi connectivity index (χ0v) is 111. The molecule has 0 aliphatic heterocycles. The predicted molar refractivity (Wildman–Crippen MR) is 664 cm³/mol. The van der Waals surface area contributed by atoms with Crippen LogP contribution in [0.25, 0.3) is 0 Å². The number of rotatable bonds is 17. The van der Waals surface area contributed by atoms with E-state index in [4.69, 9.17) is 68.1 Å². The van der Waals surface area contributed by atoms with Gasteiger partial charge in [0.05, 0.1) is 32.3 Å². The van der Waals surface area contributed by atoms with Crippen molar-refractivity contribution in [2.45, 2.75) is 135 Å². The van der Waals surface area contributed by atoms with E-state index >= 15 is 0 Å². The molecule has 0 amide bonds. The van der Waals surface area contributed by atoms with E-state index in [1.54, 1.807) is 5.19 Å². The Morgan fingerprint density at radius 1 is 0.220 bits per heavy atom. The van der Waals surface area contributed by atoms with Crippen LogP contribution in [0, 0.1) is 249 Å². The molecule has 0 N–H and O–H groups in total. The van der Waals surface area contributed by atoms with Crippen molar-refractivity contribution in [3.63, 3.8) is 0 Å². The maximum atomic E-state index is 4.93. The van der Waals surface area contributed by atoms with Crippen molar-refractivity contribution in [2.24, 2.45) is 189 Å². The van der Waals surface area contributed by atoms with Crippen LogP contribution in [0.4, 0.5) is 0 Å². The van der Waals surface area contributed by atoms with E-state index in [9.17, 15) is 0 Å². The molecular weight excluding hydrogens is 2370 g/mol. The van der Waals surface area contributed by atoms with Crippen molar-refractivity contribution in [1.29, 1.82) is 0 Å². The fourth-order valence-corrected chi connectivity index (χ4v) is 64.7. The van der Waals surface area contributed by atoms with Gasteiger partial charge < -0.3 is 59.4 Å². The number of allylic oxidation sites excluding steroid dienone is 65. The standard InChI is InChI=1S/C35H38Si.C31H38Si.C30H36Si.C30H34Si.8CH3.8ClH.4Zr/c1-2-24-36(25-14-4-3-5-15-25,34-30-20-10-6-16-26(30)27-17-7-11-21-31(27)34)35-32-22-12-8-18-28(32)29-19-9-13-23-33(29)35;1-4-19-32(3,30-26-14-8-5-11-22(26)23-12-6-9-15-27(23)30)31-28-16-10-7-13-24(28)25-18-17-21(2)20-29(25)31;2*1-3-20-31(2,29-25-16-8-4-12-21(25)22-13-5-9-17-26(22)29)30-27-18-10-6-14-23(27)24-15-7-11-19-28(24)30;;;;;;;;;;;;;;;;;;;;/h3-23,26-35H,2,24H2,1H3;5-18,20,22-31H,4,19H2,1-3H3;4-19,21-30H,3,20H2,1-2H3;3-19,21-30H,1,20H2,2H3;8*1H3;8*1H;;;;/q;;;;8*-1;;;;;;;;;4*+4/p-8. The third-order valence-electron chi connectivity index (χ3n) is 39.9. The summed E-state index contributed by atoms with van der Waals surface area (Å²) in [6.45, 7) is 22.4. The van der Waals surface area contributed by atoms with E-state index in [0.29, 0.717) is 154 Å². The number of hydrogen-bond acceptors (Lipinski definition) is 0. The Bertz CT molecular complexity index is 5180. The first kappa shape index (κ1) is 129. The Labute approximate surface area is 991 Å². The summed E-state index contributed by atoms with van der Waals surface area (Å²) in [5.74, 6) is 21.7. The zero-order chi connectivity index (χ0) is 98.8. The van der Waals surface area contributed by atoms with Gasteiger partial charge in [-0.3, -0.25) is 0 Å². The number of fused-ring (bicyclic) bond motifs is 24. The Balaban J connectivity index is 0.000000194. The summed E-state index contributed by atoms with van der Waals surface area (Å²) in [6.07, 6.45) is 161. The molecule has 34 atom stereocenters. The van der Waals surface area contributed by atoms with Gasteiger partial charge in [-0.1, -0.05) is 508 Å². The second-order valence-corrected chi connectivity index (χ2v) is 79.3. The van der Waals surface area contributed by atoms with Crippen molar-refractivity contribution in [2.75, 3.05) is 0 Å². The van der Waals surface area contributed by atoms with Gasteiger partial charge in [0.1, 0.15) is 0 Å². The summed E-state index contributed by atoms with van der Waals surface area (Å²) < 4.78 is 0. The van der Waals surface area contributed by atoms with Crippen molar-refractivity contribution in [1.82, 2.24) is 0 Å². The Hall–Kier alpha value is -2.64. The molecule has 8 saturated carbocycles. The van der Waals surface area contributed by atoms with Crippen LogP contribution in [0.3, 0.4) is 0 Å². The average molecular weight is 2540 g/mol. The quantitative estimate of drug-likeness (QED) is 0.0828. The van der Waals surface area contributed by atoms with Gasteiger partial charge in [-0.05, 0) is 247 Å². The van der Waals surface area contributed by atoms with Crippen molar-refractivity contribution in [3.05, 3.63) is 491 Å². The Kier molecular flexibility index (Phi) is 51.5. The normalized spacial score (nSPS) is 39.7. The summed E-state index contributed by atoms with van der Waals surface area (Å²) in [5.41, 5.74) is 7.82. The fourth-order valence-electron chi connectivity index (χ4n) is 36.3. The topological polar surface area (TPSA) is 0 Å². The number of halogens is 8. The predicted octanol–water partition coefficient (Wildman–Crippen LogP) is 40.3. The van der Waals surface area contributed by atoms with E-state index < -0.39 is 116 Å². The average Bonchev–Trinajstić information content (AvgIpc) is 1.56. The molecule has 0 saturated heterocycles. The molecule has 150 heavy (non-hydrogen) atoms. The minimum absolute atomic E-state index is 0. The molecule has 1 aromatic rings. The minimum atomic E-state index is -2.08. The molecule has 16 heteroatoms. The molecule has 8 fully saturated rings. The van der Waals surface area contributed by atoms with Gasteiger partial charge in [0.2, 0.25) is 0 Å². The molecular formula is C134H170Cl8Si4Zr4. The van der Waals surface area contributed by atoms with Crippen LogP contribution >= 0.6 is 68.1 Å². The Morgan fingerprint density at radius 3 is 0.547 bits per heavy atom. The SMILES string of the molecule is C=CC[Si](C)(C1C2C=CC=CC2C2C=CC=CC21)C1C2C=CC=CC2C2C=CC=CC21.CCC[Si](C)(C1C2C=CC=CC2C2C=CC=CC21)C1C2C=CC=CC2C2C=CC(C)=CC21.CCC[Si](C)(C1C2C=CC=CC2C2C=CC=CC21)C1C2C=CC=CC2C2C=CC=CC21.CCC[Si](c1ccccc1)(C1C2C=CC=CC2C2C=CC=CC21)C1C2C=CC=CC2C2C=CC=CC21.[CH3-].[CH3-].[CH3-].[CH3-].[CH3-].[CH3-].[CH3-].[CH3-].[Cl][Zr+2][Cl].[Cl][Zr+2][Cl].[Cl][Zr+2][Cl].[Cl][Zr+2][Cl]. The van der Waals surface area contributed by atoms with Crippen LogP contribution in [0.1, 0.15) is 47.0 Å². The first-order valence-electron chi connectivity index (χ1n) is 53.7. The van der Waals surface area contributed by atoms with Crippen molar-refractivity contribution >= 4 is 106 Å². The first-order chi connectivity index (χ1) is 69.6. The van der Waals surface area contributed by atoms with Crippen molar-refractivity contribution in [3.8, 4) is 0 Å². The zero-order valence-electron chi connectivity index (χ0n) is 91.6. The number of benzene rings is 1. The molecule has 0 bridgehead atoms. The molecule has 0 aromatic heterocycles. The molecule has 34 unspecified atom stereocenters. The molecule has 24 aliphatic rings. The molecule has 0 spiro atoms. The molecule has 0 nitrogen and oxygen atoms in total. The van der Waals surface area contributed by atoms with Gasteiger partial charge >= 0.3 is 151 Å². The van der Waals surface area contributed by atoms with Crippen LogP contribution in [0.5, 0.6) is 0 Å². The van der Waals surface area contributed by atoms with E-state index in [2.05, 4.69) is 473 Å². The first-order valence-corrected chi connectivity index (χ1v) is 90.0. The van der Waals surface area contributed by atoms with Gasteiger partial charge in [-0.25, -0.2) is 0 Å². The van der Waals surface area contributed by atoms with Gasteiger partial charge in [0.25, 0.3) is 0 Å². The summed E-state index contributed by atoms with van der Waals surface area (Å²) in [6, 6.07) is 17.5. The van der Waals surface area contributed by atoms with Crippen LogP contribution in [0.2, 0.25) is 88.1 Å². The second kappa shape index (κ2) is 59.8. The maximum absolute atomic E-state index is 4.93. The second-order valence-electron chi connectivity index (χ2n) is 45.5. The van der Waals surface area contributed by atoms with Gasteiger partial charge in [0.15, 0.2) is 0 Å². The third kappa shape index (κ3) is 24.8. The third-order valence-corrected chi connectivity index (χ3v) is 64.6.